The van der Waals surface area contributed by atoms with E-state index in [1.54, 1.807) is 7.11 Å². The molecule has 2 heteroatoms. The molecule has 2 nitrogen and oxygen atoms in total. The molecule has 0 radical (unpaired) electrons. The van der Waals surface area contributed by atoms with Crippen LogP contribution in [0.4, 0.5) is 0 Å². The minimum Gasteiger partial charge on any atom is -0.384 e. The van der Waals surface area contributed by atoms with Crippen LogP contribution in [-0.2, 0) is 11.2 Å². The zero-order valence-electron chi connectivity index (χ0n) is 13.6. The van der Waals surface area contributed by atoms with Crippen molar-refractivity contribution < 1.29 is 4.74 Å². The summed E-state index contributed by atoms with van der Waals surface area (Å²) in [4.78, 5) is 0. The molecule has 1 atom stereocenters. The van der Waals surface area contributed by atoms with Gasteiger partial charge < -0.3 is 10.1 Å². The molecule has 0 bridgehead atoms. The SMILES string of the molecule is CCCNC(CCC(C)C)c1ccc(CCOC)cc1. The Balaban J connectivity index is 2.63. The fourth-order valence-electron chi connectivity index (χ4n) is 2.34. The van der Waals surface area contributed by atoms with Gasteiger partial charge in [-0.2, -0.15) is 0 Å². The van der Waals surface area contributed by atoms with Gasteiger partial charge >= 0.3 is 0 Å². The summed E-state index contributed by atoms with van der Waals surface area (Å²) in [5.41, 5.74) is 2.77. The summed E-state index contributed by atoms with van der Waals surface area (Å²) in [5.74, 6) is 0.766. The lowest BCUT2D eigenvalue weighted by Crippen LogP contribution is -2.22. The zero-order valence-corrected chi connectivity index (χ0v) is 13.6. The first-order valence-electron chi connectivity index (χ1n) is 7.98. The standard InChI is InChI=1S/C18H31NO/c1-5-13-19-18(11-6-15(2)3)17-9-7-16(8-10-17)12-14-20-4/h7-10,15,18-19H,5-6,11-14H2,1-4H3. The molecule has 0 aromatic heterocycles. The average Bonchev–Trinajstić information content (AvgIpc) is 2.46. The molecule has 1 N–H and O–H groups in total. The Morgan fingerprint density at radius 3 is 2.35 bits per heavy atom. The number of methoxy groups -OCH3 is 1. The van der Waals surface area contributed by atoms with E-state index in [2.05, 4.69) is 50.4 Å². The van der Waals surface area contributed by atoms with E-state index in [1.165, 1.54) is 30.4 Å². The van der Waals surface area contributed by atoms with Gasteiger partial charge in [0.25, 0.3) is 0 Å². The van der Waals surface area contributed by atoms with Crippen LogP contribution >= 0.6 is 0 Å². The van der Waals surface area contributed by atoms with Gasteiger partial charge in [0.05, 0.1) is 6.61 Å². The number of benzene rings is 1. The van der Waals surface area contributed by atoms with Gasteiger partial charge in [0.2, 0.25) is 0 Å². The van der Waals surface area contributed by atoms with Crippen molar-refractivity contribution in [3.8, 4) is 0 Å². The summed E-state index contributed by atoms with van der Waals surface area (Å²) in [6.07, 6.45) is 4.67. The monoisotopic (exact) mass is 277 g/mol. The largest absolute Gasteiger partial charge is 0.384 e. The van der Waals surface area contributed by atoms with Crippen LogP contribution in [0.15, 0.2) is 24.3 Å². The summed E-state index contributed by atoms with van der Waals surface area (Å²) >= 11 is 0. The highest BCUT2D eigenvalue weighted by molar-refractivity contribution is 5.25. The van der Waals surface area contributed by atoms with Gasteiger partial charge in [0.1, 0.15) is 0 Å². The number of hydrogen-bond donors (Lipinski definition) is 1. The number of nitrogens with one attached hydrogen (secondary N) is 1. The van der Waals surface area contributed by atoms with E-state index in [0.717, 1.165) is 25.5 Å². The third-order valence-electron chi connectivity index (χ3n) is 3.65. The Bertz CT molecular complexity index is 345. The van der Waals surface area contributed by atoms with Crippen molar-refractivity contribution in [1.82, 2.24) is 5.32 Å². The first kappa shape index (κ1) is 17.2. The topological polar surface area (TPSA) is 21.3 Å². The summed E-state index contributed by atoms with van der Waals surface area (Å²) in [5, 5.41) is 3.68. The second-order valence-electron chi connectivity index (χ2n) is 5.96. The van der Waals surface area contributed by atoms with E-state index < -0.39 is 0 Å². The van der Waals surface area contributed by atoms with Crippen molar-refractivity contribution in [3.63, 3.8) is 0 Å². The normalized spacial score (nSPS) is 12.8. The van der Waals surface area contributed by atoms with Crippen LogP contribution < -0.4 is 5.32 Å². The Kier molecular flexibility index (Phi) is 8.56. The molecule has 0 aliphatic carbocycles. The van der Waals surface area contributed by atoms with Crippen molar-refractivity contribution in [2.75, 3.05) is 20.3 Å². The van der Waals surface area contributed by atoms with Crippen molar-refractivity contribution in [3.05, 3.63) is 35.4 Å². The first-order valence-corrected chi connectivity index (χ1v) is 7.98. The van der Waals surface area contributed by atoms with Gasteiger partial charge in [-0.15, -0.1) is 0 Å². The molecule has 0 aliphatic heterocycles. The molecule has 1 unspecified atom stereocenters. The first-order chi connectivity index (χ1) is 9.67. The fourth-order valence-corrected chi connectivity index (χ4v) is 2.34. The van der Waals surface area contributed by atoms with E-state index in [0.29, 0.717) is 6.04 Å². The summed E-state index contributed by atoms with van der Waals surface area (Å²) in [6.45, 7) is 8.70. The van der Waals surface area contributed by atoms with Gasteiger partial charge in [-0.05, 0) is 49.3 Å². The molecule has 0 saturated carbocycles. The number of hydrogen-bond acceptors (Lipinski definition) is 2. The molecule has 1 aromatic rings. The second-order valence-corrected chi connectivity index (χ2v) is 5.96. The molecular weight excluding hydrogens is 246 g/mol. The van der Waals surface area contributed by atoms with E-state index in [1.807, 2.05) is 0 Å². The predicted molar refractivity (Wildman–Crippen MR) is 87.1 cm³/mol. The molecule has 0 heterocycles. The Hall–Kier alpha value is -0.860. The molecule has 114 valence electrons. The van der Waals surface area contributed by atoms with E-state index in [-0.39, 0.29) is 0 Å². The van der Waals surface area contributed by atoms with Crippen molar-refractivity contribution in [2.24, 2.45) is 5.92 Å². The molecule has 0 saturated heterocycles. The lowest BCUT2D eigenvalue weighted by atomic mass is 9.96. The molecule has 20 heavy (non-hydrogen) atoms. The van der Waals surface area contributed by atoms with Crippen LogP contribution in [0.2, 0.25) is 0 Å². The number of ether oxygens (including phenoxy) is 1. The van der Waals surface area contributed by atoms with Gasteiger partial charge in [-0.1, -0.05) is 45.0 Å². The smallest absolute Gasteiger partial charge is 0.0502 e. The lowest BCUT2D eigenvalue weighted by molar-refractivity contribution is 0.202. The zero-order chi connectivity index (χ0) is 14.8. The summed E-state index contributed by atoms with van der Waals surface area (Å²) in [6, 6.07) is 9.53. The number of rotatable bonds is 10. The molecule has 0 aliphatic rings. The van der Waals surface area contributed by atoms with Crippen LogP contribution in [-0.4, -0.2) is 20.3 Å². The third kappa shape index (κ3) is 6.53. The third-order valence-corrected chi connectivity index (χ3v) is 3.65. The van der Waals surface area contributed by atoms with E-state index in [4.69, 9.17) is 4.74 Å². The highest BCUT2D eigenvalue weighted by Gasteiger charge is 2.11. The van der Waals surface area contributed by atoms with Gasteiger partial charge in [0, 0.05) is 13.2 Å². The van der Waals surface area contributed by atoms with Crippen LogP contribution in [0.25, 0.3) is 0 Å². The van der Waals surface area contributed by atoms with E-state index >= 15 is 0 Å². The van der Waals surface area contributed by atoms with Crippen LogP contribution in [0, 0.1) is 5.92 Å². The van der Waals surface area contributed by atoms with Crippen LogP contribution in [0.3, 0.4) is 0 Å². The van der Waals surface area contributed by atoms with Crippen LogP contribution in [0.5, 0.6) is 0 Å². The Morgan fingerprint density at radius 1 is 1.10 bits per heavy atom. The van der Waals surface area contributed by atoms with Crippen LogP contribution in [0.1, 0.15) is 57.2 Å². The molecule has 1 rings (SSSR count). The fraction of sp³-hybridized carbons (Fsp3) is 0.667. The maximum Gasteiger partial charge on any atom is 0.0502 e. The maximum atomic E-state index is 5.13. The van der Waals surface area contributed by atoms with Gasteiger partial charge in [-0.25, -0.2) is 0 Å². The molecule has 0 fully saturated rings. The van der Waals surface area contributed by atoms with Crippen molar-refractivity contribution >= 4 is 0 Å². The Morgan fingerprint density at radius 2 is 1.80 bits per heavy atom. The average molecular weight is 277 g/mol. The summed E-state index contributed by atoms with van der Waals surface area (Å²) in [7, 11) is 1.75. The molecule has 1 aromatic carbocycles. The quantitative estimate of drug-likeness (QED) is 0.686. The minimum absolute atomic E-state index is 0.494. The Labute approximate surface area is 124 Å². The second kappa shape index (κ2) is 9.95. The molecular formula is C18H31NO. The van der Waals surface area contributed by atoms with Gasteiger partial charge in [0.15, 0.2) is 0 Å². The summed E-state index contributed by atoms with van der Waals surface area (Å²) < 4.78 is 5.13. The van der Waals surface area contributed by atoms with Gasteiger partial charge in [-0.3, -0.25) is 0 Å². The maximum absolute atomic E-state index is 5.13. The molecule has 0 amide bonds. The van der Waals surface area contributed by atoms with E-state index in [9.17, 15) is 0 Å². The highest BCUT2D eigenvalue weighted by atomic mass is 16.5. The van der Waals surface area contributed by atoms with Crippen molar-refractivity contribution in [1.29, 1.82) is 0 Å². The predicted octanol–water partition coefficient (Wildman–Crippen LogP) is 4.35. The van der Waals surface area contributed by atoms with Crippen molar-refractivity contribution in [2.45, 2.75) is 52.5 Å². The lowest BCUT2D eigenvalue weighted by Gasteiger charge is -2.20. The minimum atomic E-state index is 0.494. The molecule has 0 spiro atoms. The highest BCUT2D eigenvalue weighted by Crippen LogP contribution is 2.21.